The molecular formula is C17H25N3O. The van der Waals surface area contributed by atoms with Gasteiger partial charge in [0.05, 0.1) is 5.92 Å². The van der Waals surface area contributed by atoms with E-state index in [9.17, 15) is 4.79 Å². The van der Waals surface area contributed by atoms with E-state index >= 15 is 0 Å². The molecule has 0 aromatic heterocycles. The molecule has 1 aromatic rings. The van der Waals surface area contributed by atoms with E-state index in [2.05, 4.69) is 48.1 Å². The van der Waals surface area contributed by atoms with E-state index in [1.807, 2.05) is 12.1 Å². The van der Waals surface area contributed by atoms with Gasteiger partial charge in [-0.3, -0.25) is 4.79 Å². The lowest BCUT2D eigenvalue weighted by atomic mass is 9.86. The molecule has 1 N–H and O–H groups in total. The minimum atomic E-state index is 0.00306. The molecule has 1 saturated heterocycles. The Hall–Kier alpha value is -1.55. The van der Waals surface area contributed by atoms with Gasteiger partial charge in [-0.1, -0.05) is 18.2 Å². The smallest absolute Gasteiger partial charge is 0.230 e. The fourth-order valence-electron chi connectivity index (χ4n) is 3.64. The van der Waals surface area contributed by atoms with Gasteiger partial charge < -0.3 is 15.1 Å². The summed E-state index contributed by atoms with van der Waals surface area (Å²) in [6.45, 7) is 7.09. The number of benzene rings is 1. The predicted molar refractivity (Wildman–Crippen MR) is 85.6 cm³/mol. The molecule has 1 fully saturated rings. The second kappa shape index (κ2) is 5.68. The van der Waals surface area contributed by atoms with Crippen LogP contribution >= 0.6 is 0 Å². The summed E-state index contributed by atoms with van der Waals surface area (Å²) in [5, 5.41) is 3.49. The maximum absolute atomic E-state index is 13.1. The molecule has 114 valence electrons. The first-order valence-electron chi connectivity index (χ1n) is 7.90. The average molecular weight is 287 g/mol. The highest BCUT2D eigenvalue weighted by Gasteiger charge is 2.35. The highest BCUT2D eigenvalue weighted by atomic mass is 16.2. The van der Waals surface area contributed by atoms with Crippen molar-refractivity contribution in [3.8, 4) is 0 Å². The van der Waals surface area contributed by atoms with Crippen LogP contribution in [-0.4, -0.2) is 54.5 Å². The number of piperazine rings is 1. The van der Waals surface area contributed by atoms with Gasteiger partial charge in [0, 0.05) is 37.4 Å². The first-order chi connectivity index (χ1) is 10.1. The fraction of sp³-hybridized carbons (Fsp3) is 0.588. The normalized spacial score (nSPS) is 29.7. The van der Waals surface area contributed by atoms with E-state index in [1.165, 1.54) is 0 Å². The van der Waals surface area contributed by atoms with Gasteiger partial charge in [0.1, 0.15) is 0 Å². The van der Waals surface area contributed by atoms with Crippen molar-refractivity contribution in [3.05, 3.63) is 29.8 Å². The van der Waals surface area contributed by atoms with Crippen LogP contribution in [0.5, 0.6) is 0 Å². The predicted octanol–water partition coefficient (Wildman–Crippen LogP) is 2.14. The summed E-state index contributed by atoms with van der Waals surface area (Å²) in [5.74, 6) is 0.305. The maximum Gasteiger partial charge on any atom is 0.230 e. The molecule has 2 aliphatic rings. The number of hydrogen-bond donors (Lipinski definition) is 1. The third-order valence-electron chi connectivity index (χ3n) is 4.74. The van der Waals surface area contributed by atoms with Crippen molar-refractivity contribution < 1.29 is 4.79 Å². The number of para-hydroxylation sites is 1. The summed E-state index contributed by atoms with van der Waals surface area (Å²) in [7, 11) is 2.13. The monoisotopic (exact) mass is 287 g/mol. The molecule has 0 spiro atoms. The molecule has 1 aromatic carbocycles. The first-order valence-corrected chi connectivity index (χ1v) is 7.90. The number of fused-ring (bicyclic) bond motifs is 1. The van der Waals surface area contributed by atoms with Crippen molar-refractivity contribution in [2.75, 3.05) is 32.0 Å². The lowest BCUT2D eigenvalue weighted by Gasteiger charge is -2.41. The van der Waals surface area contributed by atoms with Gasteiger partial charge in [-0.05, 0) is 38.9 Å². The van der Waals surface area contributed by atoms with Crippen LogP contribution in [0.1, 0.15) is 31.7 Å². The second-order valence-electron chi connectivity index (χ2n) is 6.56. The summed E-state index contributed by atoms with van der Waals surface area (Å²) in [4.78, 5) is 17.4. The molecule has 21 heavy (non-hydrogen) atoms. The van der Waals surface area contributed by atoms with E-state index in [4.69, 9.17) is 0 Å². The molecule has 3 atom stereocenters. The number of rotatable bonds is 1. The van der Waals surface area contributed by atoms with Crippen molar-refractivity contribution in [3.63, 3.8) is 0 Å². The molecule has 2 heterocycles. The number of amides is 1. The van der Waals surface area contributed by atoms with E-state index in [0.717, 1.165) is 37.3 Å². The van der Waals surface area contributed by atoms with Crippen LogP contribution < -0.4 is 5.32 Å². The zero-order chi connectivity index (χ0) is 15.0. The van der Waals surface area contributed by atoms with Crippen LogP contribution in [0.2, 0.25) is 0 Å². The molecule has 0 bridgehead atoms. The molecule has 1 amide bonds. The van der Waals surface area contributed by atoms with Crippen molar-refractivity contribution in [2.24, 2.45) is 0 Å². The van der Waals surface area contributed by atoms with Crippen LogP contribution in [0.25, 0.3) is 0 Å². The number of anilines is 1. The minimum absolute atomic E-state index is 0.00306. The van der Waals surface area contributed by atoms with E-state index in [0.29, 0.717) is 18.0 Å². The summed E-state index contributed by atoms with van der Waals surface area (Å²) in [6, 6.07) is 8.88. The van der Waals surface area contributed by atoms with Crippen LogP contribution in [0.3, 0.4) is 0 Å². The fourth-order valence-corrected chi connectivity index (χ4v) is 3.64. The van der Waals surface area contributed by atoms with Gasteiger partial charge in [-0.25, -0.2) is 0 Å². The molecule has 0 aliphatic carbocycles. The van der Waals surface area contributed by atoms with Gasteiger partial charge >= 0.3 is 0 Å². The Labute approximate surface area is 127 Å². The number of carbonyl (C=O) groups is 1. The Morgan fingerprint density at radius 1 is 1.24 bits per heavy atom. The summed E-state index contributed by atoms with van der Waals surface area (Å²) < 4.78 is 0. The van der Waals surface area contributed by atoms with Crippen molar-refractivity contribution >= 4 is 11.6 Å². The van der Waals surface area contributed by atoms with Crippen LogP contribution in [0.4, 0.5) is 5.69 Å². The van der Waals surface area contributed by atoms with Gasteiger partial charge in [0.25, 0.3) is 0 Å². The summed E-state index contributed by atoms with van der Waals surface area (Å²) in [6.07, 6.45) is 0.884. The number of nitrogens with zero attached hydrogens (tertiary/aromatic N) is 2. The van der Waals surface area contributed by atoms with Crippen molar-refractivity contribution in [1.29, 1.82) is 0 Å². The van der Waals surface area contributed by atoms with Crippen molar-refractivity contribution in [2.45, 2.75) is 38.3 Å². The molecule has 0 radical (unpaired) electrons. The summed E-state index contributed by atoms with van der Waals surface area (Å²) in [5.41, 5.74) is 2.28. The lowest BCUT2D eigenvalue weighted by molar-refractivity contribution is -0.137. The van der Waals surface area contributed by atoms with Crippen molar-refractivity contribution in [1.82, 2.24) is 9.80 Å². The zero-order valence-electron chi connectivity index (χ0n) is 13.2. The molecule has 3 rings (SSSR count). The SMILES string of the molecule is CC1CC(C(=O)N2CCN(C)CC2C)c2ccccc2N1. The third kappa shape index (κ3) is 2.77. The lowest BCUT2D eigenvalue weighted by Crippen LogP contribution is -2.54. The number of carbonyl (C=O) groups excluding carboxylic acids is 1. The highest BCUT2D eigenvalue weighted by molar-refractivity contribution is 5.87. The number of nitrogens with one attached hydrogen (secondary N) is 1. The van der Waals surface area contributed by atoms with Gasteiger partial charge in [-0.2, -0.15) is 0 Å². The molecule has 2 aliphatic heterocycles. The molecule has 4 nitrogen and oxygen atoms in total. The third-order valence-corrected chi connectivity index (χ3v) is 4.74. The Morgan fingerprint density at radius 2 is 2.00 bits per heavy atom. The highest BCUT2D eigenvalue weighted by Crippen LogP contribution is 2.35. The van der Waals surface area contributed by atoms with Crippen LogP contribution in [-0.2, 0) is 4.79 Å². The van der Waals surface area contributed by atoms with Gasteiger partial charge in [-0.15, -0.1) is 0 Å². The Bertz CT molecular complexity index is 531. The number of hydrogen-bond acceptors (Lipinski definition) is 3. The van der Waals surface area contributed by atoms with Gasteiger partial charge in [0.2, 0.25) is 5.91 Å². The molecule has 4 heteroatoms. The van der Waals surface area contributed by atoms with E-state index in [-0.39, 0.29) is 5.92 Å². The quantitative estimate of drug-likeness (QED) is 0.859. The maximum atomic E-state index is 13.1. The van der Waals surface area contributed by atoms with Crippen LogP contribution in [0.15, 0.2) is 24.3 Å². The van der Waals surface area contributed by atoms with E-state index < -0.39 is 0 Å². The molecular weight excluding hydrogens is 262 g/mol. The van der Waals surface area contributed by atoms with Crippen LogP contribution in [0, 0.1) is 0 Å². The largest absolute Gasteiger partial charge is 0.382 e. The topological polar surface area (TPSA) is 35.6 Å². The van der Waals surface area contributed by atoms with E-state index in [1.54, 1.807) is 0 Å². The Kier molecular flexibility index (Phi) is 3.89. The first kappa shape index (κ1) is 14.4. The molecule has 0 saturated carbocycles. The Morgan fingerprint density at radius 3 is 2.76 bits per heavy atom. The standard InChI is InChI=1S/C17H25N3O/c1-12-10-15(14-6-4-5-7-16(14)18-12)17(21)20-9-8-19(3)11-13(20)2/h4-7,12-13,15,18H,8-11H2,1-3H3. The Balaban J connectivity index is 1.85. The second-order valence-corrected chi connectivity index (χ2v) is 6.56. The van der Waals surface area contributed by atoms with Gasteiger partial charge in [0.15, 0.2) is 0 Å². The molecule has 3 unspecified atom stereocenters. The zero-order valence-corrected chi connectivity index (χ0v) is 13.2. The minimum Gasteiger partial charge on any atom is -0.382 e. The average Bonchev–Trinajstić information content (AvgIpc) is 2.45. The summed E-state index contributed by atoms with van der Waals surface area (Å²) >= 11 is 0. The number of likely N-dealkylation sites (N-methyl/N-ethyl adjacent to an activating group) is 1.